The van der Waals surface area contributed by atoms with E-state index in [1.54, 1.807) is 0 Å². The Morgan fingerprint density at radius 1 is 1.25 bits per heavy atom. The predicted octanol–water partition coefficient (Wildman–Crippen LogP) is 1.70. The first-order chi connectivity index (χ1) is 7.83. The van der Waals surface area contributed by atoms with E-state index < -0.39 is 0 Å². The molecule has 0 bridgehead atoms. The van der Waals surface area contributed by atoms with Crippen LogP contribution in [0.1, 0.15) is 11.5 Å². The van der Waals surface area contributed by atoms with Gasteiger partial charge in [0.25, 0.3) is 0 Å². The first-order valence-corrected chi connectivity index (χ1v) is 5.34. The number of hydrogen-bond donors (Lipinski definition) is 1. The van der Waals surface area contributed by atoms with E-state index in [4.69, 9.17) is 0 Å². The molecule has 3 rings (SSSR count). The Bertz CT molecular complexity index is 485. The largest absolute Gasteiger partial charge is 0.315 e. The minimum absolute atomic E-state index is 0.313. The van der Waals surface area contributed by atoms with Gasteiger partial charge in [-0.2, -0.15) is 5.10 Å². The van der Waals surface area contributed by atoms with Crippen LogP contribution in [-0.2, 0) is 0 Å². The maximum atomic E-state index is 12.8. The van der Waals surface area contributed by atoms with E-state index in [9.17, 15) is 4.39 Å². The van der Waals surface area contributed by atoms with E-state index in [1.165, 1.54) is 22.6 Å². The van der Waals surface area contributed by atoms with Crippen molar-refractivity contribution >= 4 is 0 Å². The summed E-state index contributed by atoms with van der Waals surface area (Å²) >= 11 is 0. The van der Waals surface area contributed by atoms with Crippen LogP contribution in [0.2, 0.25) is 0 Å². The number of rotatable bonds is 2. The first-order valence-electron chi connectivity index (χ1n) is 5.34. The van der Waals surface area contributed by atoms with Gasteiger partial charge < -0.3 is 5.32 Å². The Balaban J connectivity index is 1.86. The van der Waals surface area contributed by atoms with Crippen molar-refractivity contribution in [3.8, 4) is 5.69 Å². The molecule has 82 valence electrons. The average Bonchev–Trinajstić information content (AvgIpc) is 2.63. The number of hydrogen-bond acceptors (Lipinski definition) is 2. The fourth-order valence-electron chi connectivity index (χ4n) is 1.87. The lowest BCUT2D eigenvalue weighted by Gasteiger charge is -2.27. The van der Waals surface area contributed by atoms with E-state index in [0.29, 0.717) is 5.92 Å². The van der Waals surface area contributed by atoms with Gasteiger partial charge >= 0.3 is 0 Å². The van der Waals surface area contributed by atoms with Crippen LogP contribution in [0.25, 0.3) is 5.69 Å². The molecule has 4 heteroatoms. The van der Waals surface area contributed by atoms with Crippen molar-refractivity contribution in [1.82, 2.24) is 15.1 Å². The normalized spacial score (nSPS) is 16.1. The molecule has 1 aromatic carbocycles. The van der Waals surface area contributed by atoms with Crippen molar-refractivity contribution in [3.05, 3.63) is 48.0 Å². The highest BCUT2D eigenvalue weighted by molar-refractivity contribution is 5.36. The van der Waals surface area contributed by atoms with Crippen LogP contribution in [0, 0.1) is 5.82 Å². The monoisotopic (exact) mass is 217 g/mol. The molecule has 3 nitrogen and oxygen atoms in total. The third kappa shape index (κ3) is 1.61. The lowest BCUT2D eigenvalue weighted by molar-refractivity contribution is 0.448. The molecule has 1 saturated heterocycles. The van der Waals surface area contributed by atoms with Gasteiger partial charge in [0.15, 0.2) is 5.82 Å². The molecule has 0 aliphatic carbocycles. The molecule has 0 amide bonds. The van der Waals surface area contributed by atoms with E-state index in [-0.39, 0.29) is 5.82 Å². The molecule has 1 aromatic heterocycles. The van der Waals surface area contributed by atoms with Crippen molar-refractivity contribution in [2.24, 2.45) is 0 Å². The van der Waals surface area contributed by atoms with Crippen LogP contribution < -0.4 is 5.32 Å². The zero-order valence-electron chi connectivity index (χ0n) is 8.73. The quantitative estimate of drug-likeness (QED) is 0.829. The van der Waals surface area contributed by atoms with Gasteiger partial charge in [-0.05, 0) is 17.7 Å². The van der Waals surface area contributed by atoms with Crippen molar-refractivity contribution in [2.75, 3.05) is 13.1 Å². The molecule has 1 fully saturated rings. The second-order valence-corrected chi connectivity index (χ2v) is 4.05. The van der Waals surface area contributed by atoms with Crippen LogP contribution in [0.3, 0.4) is 0 Å². The first kappa shape index (κ1) is 9.54. The number of benzene rings is 1. The molecule has 0 spiro atoms. The maximum Gasteiger partial charge on any atom is 0.161 e. The molecule has 0 unspecified atom stereocenters. The van der Waals surface area contributed by atoms with E-state index in [0.717, 1.165) is 18.8 Å². The Morgan fingerprint density at radius 2 is 2.00 bits per heavy atom. The standard InChI is InChI=1S/C12H12FN3/c13-11-7-15-16(8-11)12-3-1-9(2-4-12)10-5-14-6-10/h1-4,7-8,10,14H,5-6H2. The van der Waals surface area contributed by atoms with Crippen LogP contribution in [-0.4, -0.2) is 22.9 Å². The molecule has 0 radical (unpaired) electrons. The summed E-state index contributed by atoms with van der Waals surface area (Å²) in [5, 5.41) is 7.17. The van der Waals surface area contributed by atoms with E-state index in [1.807, 2.05) is 12.1 Å². The van der Waals surface area contributed by atoms with Crippen LogP contribution >= 0.6 is 0 Å². The fraction of sp³-hybridized carbons (Fsp3) is 0.250. The second-order valence-electron chi connectivity index (χ2n) is 4.05. The van der Waals surface area contributed by atoms with Gasteiger partial charge in [-0.25, -0.2) is 9.07 Å². The summed E-state index contributed by atoms with van der Waals surface area (Å²) in [4.78, 5) is 0. The van der Waals surface area contributed by atoms with Gasteiger partial charge in [-0.15, -0.1) is 0 Å². The van der Waals surface area contributed by atoms with Gasteiger partial charge in [0.1, 0.15) is 0 Å². The summed E-state index contributed by atoms with van der Waals surface area (Å²) < 4.78 is 14.3. The van der Waals surface area contributed by atoms with Gasteiger partial charge in [-0.1, -0.05) is 12.1 Å². The van der Waals surface area contributed by atoms with Gasteiger partial charge in [0.05, 0.1) is 18.1 Å². The zero-order chi connectivity index (χ0) is 11.0. The van der Waals surface area contributed by atoms with Gasteiger partial charge in [0, 0.05) is 19.0 Å². The van der Waals surface area contributed by atoms with Crippen molar-refractivity contribution in [1.29, 1.82) is 0 Å². The number of halogens is 1. The maximum absolute atomic E-state index is 12.8. The predicted molar refractivity (Wildman–Crippen MR) is 59.1 cm³/mol. The molecule has 0 saturated carbocycles. The van der Waals surface area contributed by atoms with Crippen molar-refractivity contribution in [3.63, 3.8) is 0 Å². The third-order valence-electron chi connectivity index (χ3n) is 2.96. The minimum atomic E-state index is -0.313. The highest BCUT2D eigenvalue weighted by Gasteiger charge is 2.18. The third-order valence-corrected chi connectivity index (χ3v) is 2.96. The molecular weight excluding hydrogens is 205 g/mol. The molecule has 1 aliphatic heterocycles. The molecule has 2 heterocycles. The molecular formula is C12H12FN3. The lowest BCUT2D eigenvalue weighted by atomic mass is 9.94. The summed E-state index contributed by atoms with van der Waals surface area (Å²) in [7, 11) is 0. The average molecular weight is 217 g/mol. The van der Waals surface area contributed by atoms with Crippen LogP contribution in [0.15, 0.2) is 36.7 Å². The highest BCUT2D eigenvalue weighted by atomic mass is 19.1. The van der Waals surface area contributed by atoms with E-state index >= 15 is 0 Å². The lowest BCUT2D eigenvalue weighted by Crippen LogP contribution is -2.39. The molecule has 16 heavy (non-hydrogen) atoms. The van der Waals surface area contributed by atoms with Crippen LogP contribution in [0.4, 0.5) is 4.39 Å². The van der Waals surface area contributed by atoms with E-state index in [2.05, 4.69) is 22.5 Å². The topological polar surface area (TPSA) is 29.9 Å². The molecule has 1 N–H and O–H groups in total. The minimum Gasteiger partial charge on any atom is -0.315 e. The SMILES string of the molecule is Fc1cnn(-c2ccc(C3CNC3)cc2)c1. The van der Waals surface area contributed by atoms with Crippen molar-refractivity contribution in [2.45, 2.75) is 5.92 Å². The van der Waals surface area contributed by atoms with Crippen LogP contribution in [0.5, 0.6) is 0 Å². The summed E-state index contributed by atoms with van der Waals surface area (Å²) in [6.07, 6.45) is 2.59. The highest BCUT2D eigenvalue weighted by Crippen LogP contribution is 2.20. The Labute approximate surface area is 92.9 Å². The number of nitrogens with one attached hydrogen (secondary N) is 1. The van der Waals surface area contributed by atoms with Crippen molar-refractivity contribution < 1.29 is 4.39 Å². The number of aromatic nitrogens is 2. The second kappa shape index (κ2) is 3.72. The molecule has 2 aromatic rings. The summed E-state index contributed by atoms with van der Waals surface area (Å²) in [6, 6.07) is 8.11. The van der Waals surface area contributed by atoms with Gasteiger partial charge in [0.2, 0.25) is 0 Å². The Kier molecular flexibility index (Phi) is 2.22. The Morgan fingerprint density at radius 3 is 2.50 bits per heavy atom. The summed E-state index contributed by atoms with van der Waals surface area (Å²) in [5.74, 6) is 0.315. The summed E-state index contributed by atoms with van der Waals surface area (Å²) in [6.45, 7) is 2.10. The summed E-state index contributed by atoms with van der Waals surface area (Å²) in [5.41, 5.74) is 2.22. The molecule has 1 aliphatic rings. The smallest absolute Gasteiger partial charge is 0.161 e. The molecule has 0 atom stereocenters. The Hall–Kier alpha value is -1.68. The fourth-order valence-corrected chi connectivity index (χ4v) is 1.87. The van der Waals surface area contributed by atoms with Gasteiger partial charge in [-0.3, -0.25) is 0 Å². The number of nitrogens with zero attached hydrogens (tertiary/aromatic N) is 2. The zero-order valence-corrected chi connectivity index (χ0v) is 8.73.